The quantitative estimate of drug-likeness (QED) is 0.566. The molecule has 0 amide bonds. The van der Waals surface area contributed by atoms with E-state index >= 15 is 0 Å². The lowest BCUT2D eigenvalue weighted by molar-refractivity contribution is -0.484. The summed E-state index contributed by atoms with van der Waals surface area (Å²) in [6, 6.07) is 9.16. The van der Waals surface area contributed by atoms with Gasteiger partial charge in [-0.2, -0.15) is 0 Å². The first-order valence-corrected chi connectivity index (χ1v) is 5.19. The maximum absolute atomic E-state index is 11.3. The Labute approximate surface area is 94.4 Å². The van der Waals surface area contributed by atoms with Crippen molar-refractivity contribution in [2.45, 2.75) is 19.8 Å². The third-order valence-corrected chi connectivity index (χ3v) is 2.82. The van der Waals surface area contributed by atoms with Crippen molar-refractivity contribution in [1.82, 2.24) is 0 Å². The van der Waals surface area contributed by atoms with Gasteiger partial charge in [-0.05, 0) is 12.5 Å². The van der Waals surface area contributed by atoms with Gasteiger partial charge >= 0.3 is 0 Å². The van der Waals surface area contributed by atoms with E-state index in [-0.39, 0.29) is 29.1 Å². The number of nitro groups is 1. The maximum Gasteiger partial charge on any atom is 0.211 e. The van der Waals surface area contributed by atoms with E-state index in [1.807, 2.05) is 30.3 Å². The summed E-state index contributed by atoms with van der Waals surface area (Å²) in [5, 5.41) is 10.6. The van der Waals surface area contributed by atoms with E-state index in [0.717, 1.165) is 5.56 Å². The van der Waals surface area contributed by atoms with E-state index in [9.17, 15) is 14.9 Å². The fourth-order valence-corrected chi connectivity index (χ4v) is 1.70. The normalized spacial score (nSPS) is 14.1. The van der Waals surface area contributed by atoms with E-state index in [1.54, 1.807) is 6.92 Å². The summed E-state index contributed by atoms with van der Waals surface area (Å²) in [6.07, 6.45) is 0. The van der Waals surface area contributed by atoms with Crippen molar-refractivity contribution in [2.75, 3.05) is 6.54 Å². The molecular weight excluding hydrogens is 206 g/mol. The van der Waals surface area contributed by atoms with Gasteiger partial charge in [0.15, 0.2) is 0 Å². The van der Waals surface area contributed by atoms with Crippen molar-refractivity contribution in [3.63, 3.8) is 0 Å². The molecule has 0 aliphatic heterocycles. The molecule has 0 spiro atoms. The van der Waals surface area contributed by atoms with Crippen molar-refractivity contribution in [3.8, 4) is 0 Å². The van der Waals surface area contributed by atoms with Crippen LogP contribution in [-0.4, -0.2) is 17.3 Å². The Balaban J connectivity index is 2.96. The molecule has 1 aromatic carbocycles. The van der Waals surface area contributed by atoms with Crippen LogP contribution in [0.1, 0.15) is 25.3 Å². The molecule has 2 atom stereocenters. The van der Waals surface area contributed by atoms with Crippen LogP contribution in [-0.2, 0) is 4.79 Å². The molecule has 0 bridgehead atoms. The summed E-state index contributed by atoms with van der Waals surface area (Å²) in [4.78, 5) is 21.6. The smallest absolute Gasteiger partial charge is 0.211 e. The number of hydrogen-bond donors (Lipinski definition) is 0. The largest absolute Gasteiger partial charge is 0.300 e. The molecule has 0 aromatic heterocycles. The number of Topliss-reactive ketones (excluding diaryl/α,β-unsaturated/α-hetero) is 1. The zero-order valence-electron chi connectivity index (χ0n) is 9.42. The van der Waals surface area contributed by atoms with Crippen molar-refractivity contribution in [1.29, 1.82) is 0 Å². The average Bonchev–Trinajstić information content (AvgIpc) is 2.26. The minimum absolute atomic E-state index is 0.0179. The summed E-state index contributed by atoms with van der Waals surface area (Å²) in [7, 11) is 0. The van der Waals surface area contributed by atoms with Gasteiger partial charge in [0.05, 0.1) is 5.92 Å². The first-order chi connectivity index (χ1) is 7.52. The zero-order chi connectivity index (χ0) is 12.1. The second-order valence-corrected chi connectivity index (χ2v) is 3.93. The van der Waals surface area contributed by atoms with Gasteiger partial charge in [0.25, 0.3) is 0 Å². The molecule has 16 heavy (non-hydrogen) atoms. The molecule has 4 nitrogen and oxygen atoms in total. The van der Waals surface area contributed by atoms with Crippen LogP contribution in [0.25, 0.3) is 0 Å². The molecule has 86 valence electrons. The van der Waals surface area contributed by atoms with E-state index < -0.39 is 0 Å². The second-order valence-electron chi connectivity index (χ2n) is 3.93. The van der Waals surface area contributed by atoms with Gasteiger partial charge in [0, 0.05) is 10.8 Å². The number of carbonyl (C=O) groups is 1. The van der Waals surface area contributed by atoms with Crippen LogP contribution in [0, 0.1) is 16.0 Å². The molecular formula is C12H15NO3. The number of carbonyl (C=O) groups excluding carboxylic acids is 1. The average molecular weight is 221 g/mol. The van der Waals surface area contributed by atoms with Crippen LogP contribution in [0.2, 0.25) is 0 Å². The first-order valence-electron chi connectivity index (χ1n) is 5.19. The van der Waals surface area contributed by atoms with E-state index in [4.69, 9.17) is 0 Å². The molecule has 4 heteroatoms. The number of rotatable bonds is 5. The number of benzene rings is 1. The van der Waals surface area contributed by atoms with Gasteiger partial charge in [-0.1, -0.05) is 37.3 Å². The molecule has 0 aliphatic rings. The molecule has 0 aliphatic carbocycles. The predicted molar refractivity (Wildman–Crippen MR) is 60.9 cm³/mol. The lowest BCUT2D eigenvalue weighted by Gasteiger charge is -2.18. The summed E-state index contributed by atoms with van der Waals surface area (Å²) < 4.78 is 0. The fourth-order valence-electron chi connectivity index (χ4n) is 1.70. The molecule has 0 N–H and O–H groups in total. The Morgan fingerprint density at radius 3 is 2.38 bits per heavy atom. The van der Waals surface area contributed by atoms with Gasteiger partial charge in [-0.3, -0.25) is 14.9 Å². The first kappa shape index (κ1) is 12.4. The molecule has 0 radical (unpaired) electrons. The molecule has 0 unspecified atom stereocenters. The molecule has 1 aromatic rings. The Morgan fingerprint density at radius 1 is 1.38 bits per heavy atom. The predicted octanol–water partition coefficient (Wildman–Crippen LogP) is 2.27. The molecule has 0 saturated heterocycles. The standard InChI is InChI=1S/C12H15NO3/c1-9(10(2)14)12(8-13(15)16)11-6-4-3-5-7-11/h3-7,9,12H,8H2,1-2H3/t9-,12-/m1/s1. The molecule has 0 heterocycles. The van der Waals surface area contributed by atoms with E-state index in [1.165, 1.54) is 6.92 Å². The summed E-state index contributed by atoms with van der Waals surface area (Å²) >= 11 is 0. The maximum atomic E-state index is 11.3. The zero-order valence-corrected chi connectivity index (χ0v) is 9.42. The van der Waals surface area contributed by atoms with Gasteiger partial charge in [-0.25, -0.2) is 0 Å². The Morgan fingerprint density at radius 2 is 1.94 bits per heavy atom. The van der Waals surface area contributed by atoms with Crippen molar-refractivity contribution >= 4 is 5.78 Å². The Bertz CT molecular complexity index is 375. The highest BCUT2D eigenvalue weighted by molar-refractivity contribution is 5.79. The van der Waals surface area contributed by atoms with E-state index in [2.05, 4.69) is 0 Å². The van der Waals surface area contributed by atoms with Crippen LogP contribution in [0.5, 0.6) is 0 Å². The van der Waals surface area contributed by atoms with Gasteiger partial charge in [0.2, 0.25) is 6.54 Å². The highest BCUT2D eigenvalue weighted by Crippen LogP contribution is 2.25. The monoisotopic (exact) mass is 221 g/mol. The highest BCUT2D eigenvalue weighted by Gasteiger charge is 2.27. The molecule has 1 rings (SSSR count). The third kappa shape index (κ3) is 3.15. The number of ketones is 1. The molecule has 0 fully saturated rings. The lowest BCUT2D eigenvalue weighted by atomic mass is 9.85. The molecule has 0 saturated carbocycles. The lowest BCUT2D eigenvalue weighted by Crippen LogP contribution is -2.24. The SMILES string of the molecule is CC(=O)[C@@H](C)[C@@H](C[N+](=O)[O-])c1ccccc1. The van der Waals surface area contributed by atoms with Gasteiger partial charge < -0.3 is 0 Å². The fraction of sp³-hybridized carbons (Fsp3) is 0.417. The Hall–Kier alpha value is -1.71. The van der Waals surface area contributed by atoms with Crippen LogP contribution in [0.15, 0.2) is 30.3 Å². The van der Waals surface area contributed by atoms with Crippen molar-refractivity contribution < 1.29 is 9.72 Å². The third-order valence-electron chi connectivity index (χ3n) is 2.82. The minimum atomic E-state index is -0.364. The summed E-state index contributed by atoms with van der Waals surface area (Å²) in [5.74, 6) is -0.683. The van der Waals surface area contributed by atoms with Gasteiger partial charge in [0.1, 0.15) is 5.78 Å². The summed E-state index contributed by atoms with van der Waals surface area (Å²) in [6.45, 7) is 3.01. The van der Waals surface area contributed by atoms with Crippen LogP contribution in [0.3, 0.4) is 0 Å². The van der Waals surface area contributed by atoms with Crippen LogP contribution < -0.4 is 0 Å². The highest BCUT2D eigenvalue weighted by atomic mass is 16.6. The Kier molecular flexibility index (Phi) is 4.17. The number of nitrogens with zero attached hydrogens (tertiary/aromatic N) is 1. The van der Waals surface area contributed by atoms with Crippen LogP contribution in [0.4, 0.5) is 0 Å². The summed E-state index contributed by atoms with van der Waals surface area (Å²) in [5.41, 5.74) is 0.849. The minimum Gasteiger partial charge on any atom is -0.300 e. The topological polar surface area (TPSA) is 60.2 Å². The van der Waals surface area contributed by atoms with E-state index in [0.29, 0.717) is 0 Å². The van der Waals surface area contributed by atoms with Gasteiger partial charge in [-0.15, -0.1) is 0 Å². The second kappa shape index (κ2) is 5.39. The van der Waals surface area contributed by atoms with Crippen LogP contribution >= 0.6 is 0 Å². The number of hydrogen-bond acceptors (Lipinski definition) is 3. The van der Waals surface area contributed by atoms with Crippen molar-refractivity contribution in [2.24, 2.45) is 5.92 Å². The van der Waals surface area contributed by atoms with Crippen molar-refractivity contribution in [3.05, 3.63) is 46.0 Å².